The lowest BCUT2D eigenvalue weighted by molar-refractivity contribution is 0.0614. The summed E-state index contributed by atoms with van der Waals surface area (Å²) in [5, 5.41) is 3.62. The summed E-state index contributed by atoms with van der Waals surface area (Å²) in [6, 6.07) is 7.58. The molecular formula is C15H22FNO. The minimum Gasteiger partial charge on any atom is -0.381 e. The van der Waals surface area contributed by atoms with Gasteiger partial charge in [-0.05, 0) is 50.3 Å². The van der Waals surface area contributed by atoms with Crippen LogP contribution in [0, 0.1) is 5.82 Å². The van der Waals surface area contributed by atoms with E-state index < -0.39 is 0 Å². The highest BCUT2D eigenvalue weighted by Crippen LogP contribution is 2.23. The van der Waals surface area contributed by atoms with Gasteiger partial charge in [-0.1, -0.05) is 12.1 Å². The summed E-state index contributed by atoms with van der Waals surface area (Å²) in [7, 11) is 1.79. The van der Waals surface area contributed by atoms with Crippen LogP contribution < -0.4 is 5.32 Å². The van der Waals surface area contributed by atoms with E-state index in [1.54, 1.807) is 7.11 Å². The SMILES string of the molecule is COC1CCC(N[C@@H](C)c2ccc(F)cc2)CC1. The zero-order valence-electron chi connectivity index (χ0n) is 11.2. The minimum absolute atomic E-state index is 0.174. The first-order valence-electron chi connectivity index (χ1n) is 6.73. The van der Waals surface area contributed by atoms with Crippen LogP contribution >= 0.6 is 0 Å². The van der Waals surface area contributed by atoms with Crippen molar-refractivity contribution in [2.24, 2.45) is 0 Å². The highest BCUT2D eigenvalue weighted by molar-refractivity contribution is 5.19. The first-order chi connectivity index (χ1) is 8.69. The molecule has 1 fully saturated rings. The van der Waals surface area contributed by atoms with E-state index in [2.05, 4.69) is 12.2 Å². The quantitative estimate of drug-likeness (QED) is 0.885. The van der Waals surface area contributed by atoms with E-state index in [0.29, 0.717) is 12.1 Å². The molecule has 1 aromatic rings. The highest BCUT2D eigenvalue weighted by Gasteiger charge is 2.22. The molecule has 18 heavy (non-hydrogen) atoms. The van der Waals surface area contributed by atoms with Gasteiger partial charge in [0.15, 0.2) is 0 Å². The number of halogens is 1. The van der Waals surface area contributed by atoms with E-state index in [9.17, 15) is 4.39 Å². The van der Waals surface area contributed by atoms with Crippen LogP contribution in [0.2, 0.25) is 0 Å². The molecular weight excluding hydrogens is 229 g/mol. The third-order valence-electron chi connectivity index (χ3n) is 3.86. The number of nitrogens with one attached hydrogen (secondary N) is 1. The maximum Gasteiger partial charge on any atom is 0.123 e. The summed E-state index contributed by atoms with van der Waals surface area (Å²) >= 11 is 0. The topological polar surface area (TPSA) is 21.3 Å². The van der Waals surface area contributed by atoms with Crippen LogP contribution in [0.4, 0.5) is 4.39 Å². The lowest BCUT2D eigenvalue weighted by Gasteiger charge is -2.30. The fourth-order valence-corrected chi connectivity index (χ4v) is 2.67. The summed E-state index contributed by atoms with van der Waals surface area (Å²) in [5.41, 5.74) is 1.14. The molecule has 0 saturated heterocycles. The second-order valence-electron chi connectivity index (χ2n) is 5.15. The Morgan fingerprint density at radius 1 is 1.17 bits per heavy atom. The van der Waals surface area contributed by atoms with Crippen LogP contribution in [0.15, 0.2) is 24.3 Å². The predicted molar refractivity (Wildman–Crippen MR) is 71.0 cm³/mol. The van der Waals surface area contributed by atoms with E-state index in [4.69, 9.17) is 4.74 Å². The third kappa shape index (κ3) is 3.53. The van der Waals surface area contributed by atoms with Crippen LogP contribution in [0.5, 0.6) is 0 Å². The van der Waals surface area contributed by atoms with Gasteiger partial charge in [-0.3, -0.25) is 0 Å². The highest BCUT2D eigenvalue weighted by atomic mass is 19.1. The molecule has 1 aliphatic carbocycles. The van der Waals surface area contributed by atoms with Gasteiger partial charge in [0.2, 0.25) is 0 Å². The Labute approximate surface area is 109 Å². The molecule has 3 heteroatoms. The second kappa shape index (κ2) is 6.30. The molecule has 2 nitrogen and oxygen atoms in total. The van der Waals surface area contributed by atoms with Crippen LogP contribution in [0.25, 0.3) is 0 Å². The van der Waals surface area contributed by atoms with Crippen LogP contribution in [-0.2, 0) is 4.74 Å². The molecule has 1 N–H and O–H groups in total. The maximum absolute atomic E-state index is 12.9. The molecule has 0 spiro atoms. The second-order valence-corrected chi connectivity index (χ2v) is 5.15. The van der Waals surface area contributed by atoms with Crippen molar-refractivity contribution >= 4 is 0 Å². The van der Waals surface area contributed by atoms with Gasteiger partial charge in [0, 0.05) is 19.2 Å². The number of ether oxygens (including phenoxy) is 1. The van der Waals surface area contributed by atoms with Crippen LogP contribution in [0.3, 0.4) is 0 Å². The fraction of sp³-hybridized carbons (Fsp3) is 0.600. The van der Waals surface area contributed by atoms with E-state index in [1.807, 2.05) is 12.1 Å². The Kier molecular flexibility index (Phi) is 4.72. The number of rotatable bonds is 4. The molecule has 1 aliphatic rings. The van der Waals surface area contributed by atoms with Gasteiger partial charge in [0.05, 0.1) is 6.10 Å². The maximum atomic E-state index is 12.9. The molecule has 0 unspecified atom stereocenters. The van der Waals surface area contributed by atoms with Crippen molar-refractivity contribution in [3.8, 4) is 0 Å². The van der Waals surface area contributed by atoms with Crippen LogP contribution in [-0.4, -0.2) is 19.3 Å². The van der Waals surface area contributed by atoms with E-state index in [1.165, 1.54) is 12.1 Å². The van der Waals surface area contributed by atoms with Gasteiger partial charge in [-0.15, -0.1) is 0 Å². The van der Waals surface area contributed by atoms with Crippen molar-refractivity contribution in [1.29, 1.82) is 0 Å². The molecule has 0 radical (unpaired) electrons. The van der Waals surface area contributed by atoms with Gasteiger partial charge >= 0.3 is 0 Å². The summed E-state index contributed by atoms with van der Waals surface area (Å²) in [5.74, 6) is -0.174. The molecule has 0 aromatic heterocycles. The smallest absolute Gasteiger partial charge is 0.123 e. The van der Waals surface area contributed by atoms with Crippen molar-refractivity contribution in [1.82, 2.24) is 5.32 Å². The van der Waals surface area contributed by atoms with E-state index in [0.717, 1.165) is 31.2 Å². The number of hydrogen-bond acceptors (Lipinski definition) is 2. The summed E-state index contributed by atoms with van der Waals surface area (Å²) < 4.78 is 18.2. The average Bonchev–Trinajstić information content (AvgIpc) is 2.40. The van der Waals surface area contributed by atoms with Gasteiger partial charge in [0.25, 0.3) is 0 Å². The van der Waals surface area contributed by atoms with Crippen molar-refractivity contribution < 1.29 is 9.13 Å². The molecule has 1 aromatic carbocycles. The predicted octanol–water partition coefficient (Wildman–Crippen LogP) is 3.43. The molecule has 0 amide bonds. The molecule has 0 bridgehead atoms. The molecule has 1 atom stereocenters. The van der Waals surface area contributed by atoms with Crippen molar-refractivity contribution in [2.45, 2.75) is 50.8 Å². The Bertz CT molecular complexity index is 357. The van der Waals surface area contributed by atoms with Gasteiger partial charge in [-0.2, -0.15) is 0 Å². The molecule has 1 saturated carbocycles. The Morgan fingerprint density at radius 2 is 1.78 bits per heavy atom. The van der Waals surface area contributed by atoms with Gasteiger partial charge in [-0.25, -0.2) is 4.39 Å². The number of hydrogen-bond donors (Lipinski definition) is 1. The Hall–Kier alpha value is -0.930. The normalized spacial score (nSPS) is 25.9. The van der Waals surface area contributed by atoms with Gasteiger partial charge in [0.1, 0.15) is 5.82 Å². The van der Waals surface area contributed by atoms with Crippen molar-refractivity contribution in [3.63, 3.8) is 0 Å². The zero-order chi connectivity index (χ0) is 13.0. The monoisotopic (exact) mass is 251 g/mol. The first-order valence-corrected chi connectivity index (χ1v) is 6.73. The lowest BCUT2D eigenvalue weighted by Crippen LogP contribution is -2.36. The largest absolute Gasteiger partial charge is 0.381 e. The minimum atomic E-state index is -0.174. The Balaban J connectivity index is 1.84. The van der Waals surface area contributed by atoms with E-state index >= 15 is 0 Å². The standard InChI is InChI=1S/C15H22FNO/c1-11(12-3-5-13(16)6-4-12)17-14-7-9-15(18-2)10-8-14/h3-6,11,14-15,17H,7-10H2,1-2H3/t11-,14?,15?/m0/s1. The number of methoxy groups -OCH3 is 1. The van der Waals surface area contributed by atoms with Gasteiger partial charge < -0.3 is 10.1 Å². The third-order valence-corrected chi connectivity index (χ3v) is 3.86. The zero-order valence-corrected chi connectivity index (χ0v) is 11.2. The molecule has 0 heterocycles. The van der Waals surface area contributed by atoms with E-state index in [-0.39, 0.29) is 11.9 Å². The fourth-order valence-electron chi connectivity index (χ4n) is 2.67. The first kappa shape index (κ1) is 13.5. The molecule has 100 valence electrons. The molecule has 0 aliphatic heterocycles. The summed E-state index contributed by atoms with van der Waals surface area (Å²) in [6.07, 6.45) is 5.01. The average molecular weight is 251 g/mol. The Morgan fingerprint density at radius 3 is 2.33 bits per heavy atom. The summed E-state index contributed by atoms with van der Waals surface area (Å²) in [4.78, 5) is 0. The number of benzene rings is 1. The van der Waals surface area contributed by atoms with Crippen molar-refractivity contribution in [2.75, 3.05) is 7.11 Å². The summed E-state index contributed by atoms with van der Waals surface area (Å²) in [6.45, 7) is 2.13. The van der Waals surface area contributed by atoms with Crippen molar-refractivity contribution in [3.05, 3.63) is 35.6 Å². The lowest BCUT2D eigenvalue weighted by atomic mass is 9.92. The molecule has 2 rings (SSSR count). The van der Waals surface area contributed by atoms with Crippen LogP contribution in [0.1, 0.15) is 44.2 Å².